The standard InChI is InChI=1S/C13H19FN2OS/c1-13(2,18-3)9-15-8-12(17)16-11-6-4-5-10(14)7-11/h4-7,15H,8-9H2,1-3H3,(H,16,17). The highest BCUT2D eigenvalue weighted by Gasteiger charge is 2.15. The Morgan fingerprint density at radius 3 is 2.78 bits per heavy atom. The molecule has 2 N–H and O–H groups in total. The third kappa shape index (κ3) is 5.51. The SMILES string of the molecule is CSC(C)(C)CNCC(=O)Nc1cccc(F)c1. The van der Waals surface area contributed by atoms with Gasteiger partial charge < -0.3 is 10.6 Å². The van der Waals surface area contributed by atoms with Gasteiger partial charge in [-0.25, -0.2) is 4.39 Å². The average molecular weight is 270 g/mol. The van der Waals surface area contributed by atoms with Gasteiger partial charge in [0.1, 0.15) is 5.82 Å². The summed E-state index contributed by atoms with van der Waals surface area (Å²) in [6.07, 6.45) is 2.04. The highest BCUT2D eigenvalue weighted by molar-refractivity contribution is 7.99. The molecule has 0 spiro atoms. The fraction of sp³-hybridized carbons (Fsp3) is 0.462. The molecule has 0 bridgehead atoms. The lowest BCUT2D eigenvalue weighted by atomic mass is 10.2. The van der Waals surface area contributed by atoms with Crippen LogP contribution in [-0.4, -0.2) is 30.0 Å². The van der Waals surface area contributed by atoms with Gasteiger partial charge in [0.15, 0.2) is 0 Å². The lowest BCUT2D eigenvalue weighted by Gasteiger charge is -2.22. The summed E-state index contributed by atoms with van der Waals surface area (Å²) in [5.41, 5.74) is 0.478. The second-order valence-corrected chi connectivity index (χ2v) is 6.14. The third-order valence-corrected chi connectivity index (χ3v) is 3.75. The smallest absolute Gasteiger partial charge is 0.238 e. The van der Waals surface area contributed by atoms with E-state index < -0.39 is 0 Å². The van der Waals surface area contributed by atoms with Crippen molar-refractivity contribution >= 4 is 23.4 Å². The predicted octanol–water partition coefficient (Wildman–Crippen LogP) is 2.50. The number of anilines is 1. The summed E-state index contributed by atoms with van der Waals surface area (Å²) in [5, 5.41) is 5.72. The van der Waals surface area contributed by atoms with E-state index in [1.54, 1.807) is 23.9 Å². The summed E-state index contributed by atoms with van der Waals surface area (Å²) in [7, 11) is 0. The number of hydrogen-bond acceptors (Lipinski definition) is 3. The minimum Gasteiger partial charge on any atom is -0.325 e. The van der Waals surface area contributed by atoms with Gasteiger partial charge in [0, 0.05) is 17.0 Å². The second kappa shape index (κ2) is 6.75. The Morgan fingerprint density at radius 1 is 1.44 bits per heavy atom. The summed E-state index contributed by atoms with van der Waals surface area (Å²) in [6, 6.07) is 5.86. The van der Waals surface area contributed by atoms with Crippen LogP contribution in [0.3, 0.4) is 0 Å². The van der Waals surface area contributed by atoms with Gasteiger partial charge >= 0.3 is 0 Å². The molecule has 5 heteroatoms. The van der Waals surface area contributed by atoms with Crippen LogP contribution < -0.4 is 10.6 Å². The molecule has 18 heavy (non-hydrogen) atoms. The first kappa shape index (κ1) is 15.0. The van der Waals surface area contributed by atoms with Crippen molar-refractivity contribution < 1.29 is 9.18 Å². The maximum atomic E-state index is 12.9. The average Bonchev–Trinajstić information content (AvgIpc) is 2.28. The zero-order valence-electron chi connectivity index (χ0n) is 10.9. The van der Waals surface area contributed by atoms with E-state index in [9.17, 15) is 9.18 Å². The van der Waals surface area contributed by atoms with E-state index in [0.29, 0.717) is 5.69 Å². The van der Waals surface area contributed by atoms with Gasteiger partial charge in [-0.05, 0) is 38.3 Å². The number of carbonyl (C=O) groups excluding carboxylic acids is 1. The fourth-order valence-corrected chi connectivity index (χ4v) is 1.57. The van der Waals surface area contributed by atoms with E-state index in [0.717, 1.165) is 6.54 Å². The zero-order chi connectivity index (χ0) is 13.6. The summed E-state index contributed by atoms with van der Waals surface area (Å²) in [5.74, 6) is -0.526. The van der Waals surface area contributed by atoms with Gasteiger partial charge in [0.05, 0.1) is 6.54 Å². The Bertz CT molecular complexity index is 410. The van der Waals surface area contributed by atoms with Gasteiger partial charge in [0.2, 0.25) is 5.91 Å². The maximum absolute atomic E-state index is 12.9. The van der Waals surface area contributed by atoms with Gasteiger partial charge in [-0.2, -0.15) is 11.8 Å². The van der Waals surface area contributed by atoms with Crippen LogP contribution in [0.1, 0.15) is 13.8 Å². The van der Waals surface area contributed by atoms with E-state index in [4.69, 9.17) is 0 Å². The molecule has 0 radical (unpaired) electrons. The minimum absolute atomic E-state index is 0.0964. The molecule has 0 fully saturated rings. The molecule has 0 aliphatic rings. The summed E-state index contributed by atoms with van der Waals surface area (Å²) in [6.45, 7) is 5.18. The number of hydrogen-bond donors (Lipinski definition) is 2. The molecule has 1 amide bonds. The lowest BCUT2D eigenvalue weighted by Crippen LogP contribution is -2.37. The minimum atomic E-state index is -0.357. The third-order valence-electron chi connectivity index (χ3n) is 2.50. The van der Waals surface area contributed by atoms with E-state index >= 15 is 0 Å². The molecular formula is C13H19FN2OS. The Kier molecular flexibility index (Phi) is 5.62. The molecule has 0 aliphatic heterocycles. The van der Waals surface area contributed by atoms with Crippen molar-refractivity contribution in [1.82, 2.24) is 5.32 Å². The predicted molar refractivity (Wildman–Crippen MR) is 75.5 cm³/mol. The van der Waals surface area contributed by atoms with Crippen LogP contribution >= 0.6 is 11.8 Å². The molecule has 3 nitrogen and oxygen atoms in total. The monoisotopic (exact) mass is 270 g/mol. The largest absolute Gasteiger partial charge is 0.325 e. The van der Waals surface area contributed by atoms with Gasteiger partial charge in [-0.1, -0.05) is 6.07 Å². The van der Waals surface area contributed by atoms with Gasteiger partial charge in [-0.3, -0.25) is 4.79 Å². The molecule has 1 aromatic rings. The van der Waals surface area contributed by atoms with Crippen molar-refractivity contribution in [3.8, 4) is 0 Å². The molecular weight excluding hydrogens is 251 g/mol. The maximum Gasteiger partial charge on any atom is 0.238 e. The number of nitrogens with one attached hydrogen (secondary N) is 2. The van der Waals surface area contributed by atoms with Crippen molar-refractivity contribution in [2.75, 3.05) is 24.7 Å². The molecule has 0 atom stereocenters. The van der Waals surface area contributed by atoms with Crippen molar-refractivity contribution in [2.24, 2.45) is 0 Å². The Morgan fingerprint density at radius 2 is 2.17 bits per heavy atom. The molecule has 1 aromatic carbocycles. The molecule has 100 valence electrons. The molecule has 1 rings (SSSR count). The lowest BCUT2D eigenvalue weighted by molar-refractivity contribution is -0.115. The Labute approximate surface area is 112 Å². The van der Waals surface area contributed by atoms with E-state index in [1.165, 1.54) is 12.1 Å². The van der Waals surface area contributed by atoms with Gasteiger partial charge in [-0.15, -0.1) is 0 Å². The first-order valence-electron chi connectivity index (χ1n) is 5.74. The number of benzene rings is 1. The molecule has 0 aliphatic carbocycles. The highest BCUT2D eigenvalue weighted by Crippen LogP contribution is 2.19. The van der Waals surface area contributed by atoms with Crippen LogP contribution in [0.25, 0.3) is 0 Å². The Balaban J connectivity index is 2.34. The van der Waals surface area contributed by atoms with Gasteiger partial charge in [0.25, 0.3) is 0 Å². The van der Waals surface area contributed by atoms with Crippen LogP contribution in [-0.2, 0) is 4.79 Å². The van der Waals surface area contributed by atoms with Crippen molar-refractivity contribution in [1.29, 1.82) is 0 Å². The summed E-state index contributed by atoms with van der Waals surface area (Å²) < 4.78 is 13.0. The molecule has 0 heterocycles. The fourth-order valence-electron chi connectivity index (χ4n) is 1.32. The quantitative estimate of drug-likeness (QED) is 0.834. The van der Waals surface area contributed by atoms with E-state index in [2.05, 4.69) is 24.5 Å². The van der Waals surface area contributed by atoms with Crippen LogP contribution in [0.2, 0.25) is 0 Å². The van der Waals surface area contributed by atoms with Crippen LogP contribution in [0, 0.1) is 5.82 Å². The second-order valence-electron chi connectivity index (χ2n) is 4.63. The molecule has 0 aromatic heterocycles. The number of rotatable bonds is 6. The van der Waals surface area contributed by atoms with Crippen LogP contribution in [0.4, 0.5) is 10.1 Å². The molecule has 0 unspecified atom stereocenters. The first-order chi connectivity index (χ1) is 8.43. The van der Waals surface area contributed by atoms with Crippen LogP contribution in [0.15, 0.2) is 24.3 Å². The van der Waals surface area contributed by atoms with E-state index in [-0.39, 0.29) is 23.0 Å². The van der Waals surface area contributed by atoms with Crippen molar-refractivity contribution in [2.45, 2.75) is 18.6 Å². The summed E-state index contributed by atoms with van der Waals surface area (Å²) in [4.78, 5) is 11.6. The molecule has 0 saturated heterocycles. The van der Waals surface area contributed by atoms with Crippen molar-refractivity contribution in [3.63, 3.8) is 0 Å². The van der Waals surface area contributed by atoms with E-state index in [1.807, 2.05) is 6.26 Å². The van der Waals surface area contributed by atoms with Crippen LogP contribution in [0.5, 0.6) is 0 Å². The number of halogens is 1. The highest BCUT2D eigenvalue weighted by atomic mass is 32.2. The number of carbonyl (C=O) groups is 1. The topological polar surface area (TPSA) is 41.1 Å². The summed E-state index contributed by atoms with van der Waals surface area (Å²) >= 11 is 1.74. The first-order valence-corrected chi connectivity index (χ1v) is 6.97. The number of thioether (sulfide) groups is 1. The zero-order valence-corrected chi connectivity index (χ0v) is 11.7. The normalized spacial score (nSPS) is 11.3. The molecule has 0 saturated carbocycles. The van der Waals surface area contributed by atoms with Crippen molar-refractivity contribution in [3.05, 3.63) is 30.1 Å². The Hall–Kier alpha value is -1.07. The number of amides is 1.